The van der Waals surface area contributed by atoms with Crippen molar-refractivity contribution in [1.82, 2.24) is 4.90 Å². The highest BCUT2D eigenvalue weighted by molar-refractivity contribution is 9.10. The van der Waals surface area contributed by atoms with Crippen molar-refractivity contribution in [2.24, 2.45) is 0 Å². The third kappa shape index (κ3) is 3.13. The molecule has 1 aromatic carbocycles. The number of benzene rings is 1. The molecule has 0 aromatic heterocycles. The molecule has 0 bridgehead atoms. The zero-order valence-corrected chi connectivity index (χ0v) is 12.2. The van der Waals surface area contributed by atoms with Crippen molar-refractivity contribution in [3.63, 3.8) is 0 Å². The number of aliphatic hydroxyl groups excluding tert-OH is 1. The fourth-order valence-corrected chi connectivity index (χ4v) is 1.77. The Morgan fingerprint density at radius 1 is 1.50 bits per heavy atom. The number of nitro groups is 1. The first-order valence-electron chi connectivity index (χ1n) is 5.29. The first-order valence-corrected chi connectivity index (χ1v) is 6.08. The van der Waals surface area contributed by atoms with Crippen molar-refractivity contribution in [2.45, 2.75) is 0 Å². The molecule has 0 saturated carbocycles. The number of likely N-dealkylation sites (N-methyl/N-ethyl adjacent to an activating group) is 1. The molecule has 0 aliphatic rings. The molecule has 0 saturated heterocycles. The normalized spacial score (nSPS) is 11.3. The van der Waals surface area contributed by atoms with Gasteiger partial charge in [-0.1, -0.05) is 15.9 Å². The summed E-state index contributed by atoms with van der Waals surface area (Å²) in [5, 5.41) is 29.9. The Kier molecular flexibility index (Phi) is 4.83. The smallest absolute Gasteiger partial charge is 0.281 e. The number of nitriles is 1. The number of carbonyl (C=O) groups excluding carboxylic acids is 1. The fourth-order valence-electron chi connectivity index (χ4n) is 1.42. The van der Waals surface area contributed by atoms with E-state index in [1.807, 2.05) is 0 Å². The van der Waals surface area contributed by atoms with Crippen molar-refractivity contribution in [1.29, 1.82) is 5.26 Å². The summed E-state index contributed by atoms with van der Waals surface area (Å²) in [5.74, 6) is -1.45. The number of carbonyl (C=O) groups is 1. The minimum atomic E-state index is -0.734. The lowest BCUT2D eigenvalue weighted by Gasteiger charge is -2.10. The Morgan fingerprint density at radius 2 is 2.10 bits per heavy atom. The van der Waals surface area contributed by atoms with E-state index in [1.54, 1.807) is 6.07 Å². The van der Waals surface area contributed by atoms with Crippen LogP contribution in [0.1, 0.15) is 5.56 Å². The van der Waals surface area contributed by atoms with Gasteiger partial charge in [0.1, 0.15) is 6.07 Å². The van der Waals surface area contributed by atoms with Gasteiger partial charge in [0, 0.05) is 24.6 Å². The predicted octanol–water partition coefficient (Wildman–Crippen LogP) is 2.24. The summed E-state index contributed by atoms with van der Waals surface area (Å²) in [6.45, 7) is 0. The van der Waals surface area contributed by atoms with Crippen LogP contribution in [-0.4, -0.2) is 34.9 Å². The van der Waals surface area contributed by atoms with Gasteiger partial charge in [-0.05, 0) is 12.1 Å². The molecule has 0 aliphatic carbocycles. The molecule has 0 spiro atoms. The number of halogens is 1. The maximum absolute atomic E-state index is 11.7. The van der Waals surface area contributed by atoms with Crippen LogP contribution in [0.15, 0.2) is 28.2 Å². The summed E-state index contributed by atoms with van der Waals surface area (Å²) >= 11 is 3.08. The number of hydrogen-bond acceptors (Lipinski definition) is 5. The van der Waals surface area contributed by atoms with E-state index < -0.39 is 27.9 Å². The van der Waals surface area contributed by atoms with Crippen LogP contribution in [0.3, 0.4) is 0 Å². The molecule has 0 atom stereocenters. The van der Waals surface area contributed by atoms with E-state index in [9.17, 15) is 20.0 Å². The summed E-state index contributed by atoms with van der Waals surface area (Å²) in [5.41, 5.74) is -1.15. The fraction of sp³-hybridized carbons (Fsp3) is 0.167. The first kappa shape index (κ1) is 15.7. The Bertz CT molecular complexity index is 647. The topological polar surface area (TPSA) is 107 Å². The van der Waals surface area contributed by atoms with Crippen molar-refractivity contribution in [3.8, 4) is 6.07 Å². The lowest BCUT2D eigenvalue weighted by molar-refractivity contribution is -0.385. The van der Waals surface area contributed by atoms with Crippen molar-refractivity contribution < 1.29 is 14.8 Å². The highest BCUT2D eigenvalue weighted by Crippen LogP contribution is 2.29. The van der Waals surface area contributed by atoms with Gasteiger partial charge in [-0.2, -0.15) is 5.26 Å². The van der Waals surface area contributed by atoms with Crippen molar-refractivity contribution in [2.75, 3.05) is 14.1 Å². The Hall–Kier alpha value is -2.40. The molecule has 1 amide bonds. The van der Waals surface area contributed by atoms with Gasteiger partial charge < -0.3 is 10.0 Å². The zero-order valence-electron chi connectivity index (χ0n) is 10.6. The highest BCUT2D eigenvalue weighted by atomic mass is 79.9. The molecule has 20 heavy (non-hydrogen) atoms. The average molecular weight is 340 g/mol. The van der Waals surface area contributed by atoms with Gasteiger partial charge in [0.2, 0.25) is 0 Å². The number of amides is 1. The van der Waals surface area contributed by atoms with Gasteiger partial charge in [0.25, 0.3) is 11.6 Å². The Balaban J connectivity index is 3.54. The molecule has 104 valence electrons. The van der Waals surface area contributed by atoms with Gasteiger partial charge in [-0.3, -0.25) is 14.9 Å². The summed E-state index contributed by atoms with van der Waals surface area (Å²) < 4.78 is 0.443. The van der Waals surface area contributed by atoms with Crippen LogP contribution in [0.2, 0.25) is 0 Å². The van der Waals surface area contributed by atoms with Crippen molar-refractivity contribution in [3.05, 3.63) is 43.9 Å². The second kappa shape index (κ2) is 6.16. The molecule has 0 radical (unpaired) electrons. The minimum absolute atomic E-state index is 0.190. The molecule has 7 nitrogen and oxygen atoms in total. The number of rotatable bonds is 3. The second-order valence-corrected chi connectivity index (χ2v) is 4.87. The van der Waals surface area contributed by atoms with Gasteiger partial charge in [0.15, 0.2) is 11.3 Å². The van der Waals surface area contributed by atoms with Gasteiger partial charge in [-0.25, -0.2) is 0 Å². The summed E-state index contributed by atoms with van der Waals surface area (Å²) in [4.78, 5) is 23.1. The molecule has 0 fully saturated rings. The van der Waals surface area contributed by atoms with Gasteiger partial charge >= 0.3 is 0 Å². The Labute approximate surface area is 123 Å². The molecular weight excluding hydrogens is 330 g/mol. The summed E-state index contributed by atoms with van der Waals surface area (Å²) in [6, 6.07) is 5.48. The van der Waals surface area contributed by atoms with Crippen LogP contribution in [-0.2, 0) is 4.79 Å². The van der Waals surface area contributed by atoms with Crippen LogP contribution in [0, 0.1) is 21.4 Å². The monoisotopic (exact) mass is 339 g/mol. The maximum Gasteiger partial charge on any atom is 0.281 e. The molecular formula is C12H10BrN3O4. The van der Waals surface area contributed by atoms with E-state index >= 15 is 0 Å². The average Bonchev–Trinajstić information content (AvgIpc) is 2.38. The third-order valence-electron chi connectivity index (χ3n) is 2.38. The molecule has 1 rings (SSSR count). The van der Waals surface area contributed by atoms with Gasteiger partial charge in [-0.15, -0.1) is 0 Å². The lowest BCUT2D eigenvalue weighted by Crippen LogP contribution is -2.24. The van der Waals surface area contributed by atoms with Crippen LogP contribution < -0.4 is 0 Å². The van der Waals surface area contributed by atoms with E-state index in [-0.39, 0.29) is 5.56 Å². The van der Waals surface area contributed by atoms with E-state index in [1.165, 1.54) is 32.3 Å². The molecule has 0 aliphatic heterocycles. The SMILES string of the molecule is CN(C)C(=O)C(C#N)=C(O)c1ccc(Br)cc1[N+](=O)[O-]. The molecule has 0 unspecified atom stereocenters. The molecule has 1 N–H and O–H groups in total. The quantitative estimate of drug-likeness (QED) is 0.298. The van der Waals surface area contributed by atoms with Crippen LogP contribution in [0.4, 0.5) is 5.69 Å². The van der Waals surface area contributed by atoms with Crippen LogP contribution in [0.25, 0.3) is 5.76 Å². The number of hydrogen-bond donors (Lipinski definition) is 1. The highest BCUT2D eigenvalue weighted by Gasteiger charge is 2.24. The van der Waals surface area contributed by atoms with Crippen molar-refractivity contribution >= 4 is 33.3 Å². The minimum Gasteiger partial charge on any atom is -0.505 e. The number of nitro benzene ring substituents is 1. The number of aliphatic hydroxyl groups is 1. The third-order valence-corrected chi connectivity index (χ3v) is 2.87. The molecule has 1 aromatic rings. The molecule has 8 heteroatoms. The van der Waals surface area contributed by atoms with Crippen LogP contribution >= 0.6 is 15.9 Å². The predicted molar refractivity (Wildman–Crippen MR) is 74.7 cm³/mol. The summed E-state index contributed by atoms with van der Waals surface area (Å²) in [7, 11) is 2.81. The lowest BCUT2D eigenvalue weighted by atomic mass is 10.1. The van der Waals surface area contributed by atoms with E-state index in [0.717, 1.165) is 4.90 Å². The Morgan fingerprint density at radius 3 is 2.55 bits per heavy atom. The van der Waals surface area contributed by atoms with E-state index in [2.05, 4.69) is 15.9 Å². The van der Waals surface area contributed by atoms with Crippen LogP contribution in [0.5, 0.6) is 0 Å². The van der Waals surface area contributed by atoms with E-state index in [4.69, 9.17) is 5.26 Å². The standard InChI is InChI=1S/C12H10BrN3O4/c1-15(2)12(18)9(6-14)11(17)8-4-3-7(13)5-10(8)16(19)20/h3-5,17H,1-2H3. The number of nitrogens with zero attached hydrogens (tertiary/aromatic N) is 3. The molecule has 0 heterocycles. The second-order valence-electron chi connectivity index (χ2n) is 3.95. The van der Waals surface area contributed by atoms with Gasteiger partial charge in [0.05, 0.1) is 10.5 Å². The summed E-state index contributed by atoms with van der Waals surface area (Å²) in [6.07, 6.45) is 0. The largest absolute Gasteiger partial charge is 0.505 e. The first-order chi connectivity index (χ1) is 9.29. The van der Waals surface area contributed by atoms with E-state index in [0.29, 0.717) is 4.47 Å². The maximum atomic E-state index is 11.7. The zero-order chi connectivity index (χ0) is 15.4.